The summed E-state index contributed by atoms with van der Waals surface area (Å²) in [4.78, 5) is 11.8. The molecule has 2 heterocycles. The summed E-state index contributed by atoms with van der Waals surface area (Å²) in [5.41, 5.74) is 1.17. The Morgan fingerprint density at radius 1 is 1.44 bits per heavy atom. The largest absolute Gasteiger partial charge is 0.357 e. The third-order valence-electron chi connectivity index (χ3n) is 2.41. The van der Waals surface area contributed by atoms with Crippen LogP contribution in [0.25, 0.3) is 0 Å². The second kappa shape index (κ2) is 4.07. The van der Waals surface area contributed by atoms with Crippen molar-refractivity contribution in [1.29, 1.82) is 5.26 Å². The summed E-state index contributed by atoms with van der Waals surface area (Å²) < 4.78 is 3.48. The Balaban J connectivity index is 2.17. The van der Waals surface area contributed by atoms with Gasteiger partial charge in [0.05, 0.1) is 6.54 Å². The monoisotopic (exact) mass is 213 g/mol. The van der Waals surface area contributed by atoms with Gasteiger partial charge in [-0.3, -0.25) is 4.79 Å². The molecule has 0 radical (unpaired) electrons. The van der Waals surface area contributed by atoms with Crippen LogP contribution in [0.4, 0.5) is 0 Å². The van der Waals surface area contributed by atoms with Gasteiger partial charge in [-0.25, -0.2) is 0 Å². The highest BCUT2D eigenvalue weighted by Gasteiger charge is 2.09. The molecule has 4 nitrogen and oxygen atoms in total. The minimum absolute atomic E-state index is 0.00769. The van der Waals surface area contributed by atoms with Gasteiger partial charge in [0.15, 0.2) is 5.78 Å². The van der Waals surface area contributed by atoms with E-state index in [-0.39, 0.29) is 12.3 Å². The van der Waals surface area contributed by atoms with Gasteiger partial charge in [0.2, 0.25) is 0 Å². The van der Waals surface area contributed by atoms with Crippen molar-refractivity contribution in [1.82, 2.24) is 9.13 Å². The standard InChI is InChI=1S/C12H11N3O/c1-14-6-4-10(8-14)12(16)9-15-5-2-3-11(15)7-13/h2-6,8H,9H2,1H3. The molecule has 0 saturated carbocycles. The molecule has 0 unspecified atom stereocenters. The molecule has 4 heteroatoms. The summed E-state index contributed by atoms with van der Waals surface area (Å²) in [6, 6.07) is 7.27. The van der Waals surface area contributed by atoms with Gasteiger partial charge in [0.25, 0.3) is 0 Å². The normalized spacial score (nSPS) is 10.0. The van der Waals surface area contributed by atoms with Crippen molar-refractivity contribution in [3.05, 3.63) is 48.0 Å². The molecule has 0 aromatic carbocycles. The number of ketones is 1. The number of Topliss-reactive ketones (excluding diaryl/α,β-unsaturated/α-hetero) is 1. The minimum atomic E-state index is 0.00769. The molecular formula is C12H11N3O. The van der Waals surface area contributed by atoms with Crippen LogP contribution >= 0.6 is 0 Å². The molecule has 0 fully saturated rings. The van der Waals surface area contributed by atoms with Gasteiger partial charge in [-0.15, -0.1) is 0 Å². The first-order valence-corrected chi connectivity index (χ1v) is 4.91. The zero-order valence-electron chi connectivity index (χ0n) is 8.92. The van der Waals surface area contributed by atoms with Gasteiger partial charge < -0.3 is 9.13 Å². The lowest BCUT2D eigenvalue weighted by molar-refractivity contribution is 0.0972. The Morgan fingerprint density at radius 3 is 2.88 bits per heavy atom. The molecule has 80 valence electrons. The average Bonchev–Trinajstić information content (AvgIpc) is 2.86. The van der Waals surface area contributed by atoms with E-state index in [0.29, 0.717) is 11.3 Å². The maximum atomic E-state index is 11.8. The quantitative estimate of drug-likeness (QED) is 0.727. The van der Waals surface area contributed by atoms with Crippen LogP contribution in [0.5, 0.6) is 0 Å². The lowest BCUT2D eigenvalue weighted by Gasteiger charge is -2.02. The first-order chi connectivity index (χ1) is 7.70. The maximum absolute atomic E-state index is 11.8. The molecule has 0 aliphatic heterocycles. The number of nitrogens with zero attached hydrogens (tertiary/aromatic N) is 3. The summed E-state index contributed by atoms with van der Waals surface area (Å²) >= 11 is 0. The lowest BCUT2D eigenvalue weighted by Crippen LogP contribution is -2.10. The summed E-state index contributed by atoms with van der Waals surface area (Å²) in [6.45, 7) is 0.208. The Hall–Kier alpha value is -2.28. The van der Waals surface area contributed by atoms with Crippen LogP contribution in [-0.2, 0) is 13.6 Å². The number of hydrogen-bond acceptors (Lipinski definition) is 2. The number of carbonyl (C=O) groups excluding carboxylic acids is 1. The number of carbonyl (C=O) groups is 1. The van der Waals surface area contributed by atoms with Gasteiger partial charge in [-0.2, -0.15) is 5.26 Å². The third-order valence-corrected chi connectivity index (χ3v) is 2.41. The highest BCUT2D eigenvalue weighted by atomic mass is 16.1. The molecule has 0 bridgehead atoms. The fourth-order valence-corrected chi connectivity index (χ4v) is 1.57. The predicted octanol–water partition coefficient (Wildman–Crippen LogP) is 1.58. The SMILES string of the molecule is Cn1ccc(C(=O)Cn2cccc2C#N)c1. The molecule has 0 spiro atoms. The highest BCUT2D eigenvalue weighted by Crippen LogP contribution is 2.06. The van der Waals surface area contributed by atoms with E-state index in [9.17, 15) is 4.79 Å². The number of aryl methyl sites for hydroxylation is 1. The number of hydrogen-bond donors (Lipinski definition) is 0. The molecular weight excluding hydrogens is 202 g/mol. The highest BCUT2D eigenvalue weighted by molar-refractivity contribution is 5.95. The molecule has 0 atom stereocenters. The van der Waals surface area contributed by atoms with E-state index in [4.69, 9.17) is 5.26 Å². The molecule has 0 aliphatic rings. The van der Waals surface area contributed by atoms with Crippen molar-refractivity contribution >= 4 is 5.78 Å². The fraction of sp³-hybridized carbons (Fsp3) is 0.167. The van der Waals surface area contributed by atoms with Crippen molar-refractivity contribution in [2.75, 3.05) is 0 Å². The summed E-state index contributed by atoms with van der Waals surface area (Å²) in [7, 11) is 1.87. The second-order valence-corrected chi connectivity index (χ2v) is 3.62. The van der Waals surface area contributed by atoms with Crippen LogP contribution in [0.15, 0.2) is 36.8 Å². The molecule has 2 aromatic rings. The molecule has 2 aromatic heterocycles. The molecule has 0 amide bonds. The fourth-order valence-electron chi connectivity index (χ4n) is 1.57. The van der Waals surface area contributed by atoms with Gasteiger partial charge >= 0.3 is 0 Å². The zero-order valence-corrected chi connectivity index (χ0v) is 8.92. The van der Waals surface area contributed by atoms with Crippen molar-refractivity contribution in [2.45, 2.75) is 6.54 Å². The summed E-state index contributed by atoms with van der Waals surface area (Å²) in [6.07, 6.45) is 5.34. The topological polar surface area (TPSA) is 50.7 Å². The van der Waals surface area contributed by atoms with E-state index >= 15 is 0 Å². The number of nitriles is 1. The predicted molar refractivity (Wildman–Crippen MR) is 58.9 cm³/mol. The third kappa shape index (κ3) is 1.89. The van der Waals surface area contributed by atoms with Gasteiger partial charge in [0.1, 0.15) is 11.8 Å². The molecule has 2 rings (SSSR count). The van der Waals surface area contributed by atoms with Crippen LogP contribution in [0.1, 0.15) is 16.1 Å². The van der Waals surface area contributed by atoms with Crippen molar-refractivity contribution < 1.29 is 4.79 Å². The smallest absolute Gasteiger partial charge is 0.184 e. The van der Waals surface area contributed by atoms with Crippen LogP contribution in [0.2, 0.25) is 0 Å². The lowest BCUT2D eigenvalue weighted by atomic mass is 10.2. The van der Waals surface area contributed by atoms with Crippen molar-refractivity contribution in [3.63, 3.8) is 0 Å². The van der Waals surface area contributed by atoms with E-state index in [1.807, 2.05) is 23.9 Å². The first-order valence-electron chi connectivity index (χ1n) is 4.91. The molecule has 0 saturated heterocycles. The molecule has 16 heavy (non-hydrogen) atoms. The van der Waals surface area contributed by atoms with Crippen molar-refractivity contribution in [2.24, 2.45) is 7.05 Å². The van der Waals surface area contributed by atoms with E-state index < -0.39 is 0 Å². The average molecular weight is 213 g/mol. The van der Waals surface area contributed by atoms with Crippen LogP contribution in [0, 0.1) is 11.3 Å². The molecule has 0 N–H and O–H groups in total. The van der Waals surface area contributed by atoms with Crippen LogP contribution in [-0.4, -0.2) is 14.9 Å². The van der Waals surface area contributed by atoms with E-state index in [1.165, 1.54) is 0 Å². The van der Waals surface area contributed by atoms with E-state index in [0.717, 1.165) is 0 Å². The second-order valence-electron chi connectivity index (χ2n) is 3.62. The molecule has 0 aliphatic carbocycles. The van der Waals surface area contributed by atoms with Crippen LogP contribution < -0.4 is 0 Å². The Morgan fingerprint density at radius 2 is 2.25 bits per heavy atom. The Kier molecular flexibility index (Phi) is 2.61. The maximum Gasteiger partial charge on any atom is 0.184 e. The number of rotatable bonds is 3. The first kappa shape index (κ1) is 10.2. The summed E-state index contributed by atoms with van der Waals surface area (Å²) in [5, 5.41) is 8.81. The summed E-state index contributed by atoms with van der Waals surface area (Å²) in [5.74, 6) is 0.00769. The number of aromatic nitrogens is 2. The Bertz CT molecular complexity index is 557. The van der Waals surface area contributed by atoms with Gasteiger partial charge in [-0.1, -0.05) is 0 Å². The van der Waals surface area contributed by atoms with E-state index in [2.05, 4.69) is 0 Å². The van der Waals surface area contributed by atoms with Gasteiger partial charge in [0, 0.05) is 31.2 Å². The Labute approximate surface area is 93.3 Å². The zero-order chi connectivity index (χ0) is 11.5. The van der Waals surface area contributed by atoms with Crippen LogP contribution in [0.3, 0.4) is 0 Å². The van der Waals surface area contributed by atoms with E-state index in [1.54, 1.807) is 35.2 Å². The van der Waals surface area contributed by atoms with Gasteiger partial charge in [-0.05, 0) is 18.2 Å². The minimum Gasteiger partial charge on any atom is -0.357 e. The van der Waals surface area contributed by atoms with Crippen molar-refractivity contribution in [3.8, 4) is 6.07 Å².